The van der Waals surface area contributed by atoms with Crippen molar-refractivity contribution in [1.29, 1.82) is 0 Å². The molecule has 2 aliphatic rings. The van der Waals surface area contributed by atoms with Crippen molar-refractivity contribution in [3.8, 4) is 0 Å². The van der Waals surface area contributed by atoms with Gasteiger partial charge < -0.3 is 10.2 Å². The van der Waals surface area contributed by atoms with E-state index in [1.54, 1.807) is 13.8 Å². The van der Waals surface area contributed by atoms with Gasteiger partial charge in [-0.3, -0.25) is 19.7 Å². The van der Waals surface area contributed by atoms with Crippen LogP contribution in [0.3, 0.4) is 0 Å². The van der Waals surface area contributed by atoms with Crippen molar-refractivity contribution in [2.45, 2.75) is 51.6 Å². The van der Waals surface area contributed by atoms with Crippen LogP contribution in [0.5, 0.6) is 0 Å². The molecule has 6 heteroatoms. The fourth-order valence-electron chi connectivity index (χ4n) is 2.88. The third-order valence-corrected chi connectivity index (χ3v) is 4.44. The summed E-state index contributed by atoms with van der Waals surface area (Å²) < 4.78 is 0. The Morgan fingerprint density at radius 2 is 2.10 bits per heavy atom. The number of carbonyl (C=O) groups is 3. The van der Waals surface area contributed by atoms with Gasteiger partial charge in [-0.05, 0) is 39.2 Å². The Labute approximate surface area is 119 Å². The topological polar surface area (TPSA) is 78.5 Å². The molecule has 2 atom stereocenters. The van der Waals surface area contributed by atoms with E-state index < -0.39 is 17.4 Å². The second-order valence-corrected chi connectivity index (χ2v) is 6.17. The maximum atomic E-state index is 12.7. The van der Waals surface area contributed by atoms with Gasteiger partial charge in [0.1, 0.15) is 12.1 Å². The van der Waals surface area contributed by atoms with E-state index in [9.17, 15) is 14.4 Å². The first-order chi connectivity index (χ1) is 9.36. The van der Waals surface area contributed by atoms with Crippen molar-refractivity contribution >= 4 is 17.7 Å². The van der Waals surface area contributed by atoms with E-state index in [0.717, 1.165) is 25.8 Å². The summed E-state index contributed by atoms with van der Waals surface area (Å²) in [5.41, 5.74) is -0.980. The summed E-state index contributed by atoms with van der Waals surface area (Å²) in [6.07, 6.45) is 2.90. The smallest absolute Gasteiger partial charge is 0.252 e. The molecular formula is C14H23N3O3. The van der Waals surface area contributed by atoms with Crippen molar-refractivity contribution < 1.29 is 14.4 Å². The highest BCUT2D eigenvalue weighted by Crippen LogP contribution is 2.24. The van der Waals surface area contributed by atoms with Crippen LogP contribution in [0.25, 0.3) is 0 Å². The number of nitrogens with one attached hydrogen (secondary N) is 2. The minimum atomic E-state index is -0.980. The first-order valence-corrected chi connectivity index (χ1v) is 7.25. The largest absolute Gasteiger partial charge is 0.318 e. The summed E-state index contributed by atoms with van der Waals surface area (Å²) in [4.78, 5) is 37.5. The van der Waals surface area contributed by atoms with Gasteiger partial charge in [0.25, 0.3) is 5.91 Å². The van der Waals surface area contributed by atoms with Gasteiger partial charge in [0.05, 0.1) is 6.04 Å². The number of nitrogens with zero attached hydrogens (tertiary/aromatic N) is 1. The van der Waals surface area contributed by atoms with E-state index in [0.29, 0.717) is 5.92 Å². The molecule has 2 rings (SSSR count). The summed E-state index contributed by atoms with van der Waals surface area (Å²) in [6, 6.07) is -0.285. The monoisotopic (exact) mass is 281 g/mol. The summed E-state index contributed by atoms with van der Waals surface area (Å²) in [6.45, 7) is 6.23. The van der Waals surface area contributed by atoms with Crippen molar-refractivity contribution in [3.05, 3.63) is 0 Å². The predicted molar refractivity (Wildman–Crippen MR) is 73.7 cm³/mol. The van der Waals surface area contributed by atoms with Crippen molar-refractivity contribution in [2.75, 3.05) is 13.1 Å². The highest BCUT2D eigenvalue weighted by atomic mass is 16.2. The molecule has 2 saturated heterocycles. The van der Waals surface area contributed by atoms with Gasteiger partial charge >= 0.3 is 0 Å². The fourth-order valence-corrected chi connectivity index (χ4v) is 2.88. The first kappa shape index (κ1) is 15.0. The molecule has 0 radical (unpaired) electrons. The third-order valence-electron chi connectivity index (χ3n) is 4.44. The molecular weight excluding hydrogens is 258 g/mol. The molecule has 0 saturated carbocycles. The maximum Gasteiger partial charge on any atom is 0.252 e. The molecule has 0 aromatic rings. The van der Waals surface area contributed by atoms with Crippen LogP contribution in [0, 0.1) is 5.92 Å². The van der Waals surface area contributed by atoms with Crippen LogP contribution >= 0.6 is 0 Å². The lowest BCUT2D eigenvalue weighted by atomic mass is 9.88. The van der Waals surface area contributed by atoms with E-state index in [-0.39, 0.29) is 18.5 Å². The Kier molecular flexibility index (Phi) is 4.13. The zero-order chi connectivity index (χ0) is 14.9. The molecule has 2 fully saturated rings. The second kappa shape index (κ2) is 5.52. The Morgan fingerprint density at radius 3 is 2.75 bits per heavy atom. The highest BCUT2D eigenvalue weighted by molar-refractivity contribution is 6.06. The fraction of sp³-hybridized carbons (Fsp3) is 0.786. The molecule has 0 aliphatic carbocycles. The molecule has 0 aromatic carbocycles. The molecule has 0 spiro atoms. The van der Waals surface area contributed by atoms with Crippen LogP contribution in [0.1, 0.15) is 40.0 Å². The van der Waals surface area contributed by atoms with E-state index in [4.69, 9.17) is 0 Å². The molecule has 2 aliphatic heterocycles. The average Bonchev–Trinajstić information content (AvgIpc) is 2.42. The quantitative estimate of drug-likeness (QED) is 0.700. The van der Waals surface area contributed by atoms with Crippen molar-refractivity contribution in [3.63, 3.8) is 0 Å². The van der Waals surface area contributed by atoms with Crippen LogP contribution in [-0.4, -0.2) is 47.3 Å². The number of imide groups is 1. The molecule has 0 aromatic heterocycles. The Morgan fingerprint density at radius 1 is 1.40 bits per heavy atom. The minimum Gasteiger partial charge on any atom is -0.318 e. The second-order valence-electron chi connectivity index (χ2n) is 6.17. The van der Waals surface area contributed by atoms with E-state index >= 15 is 0 Å². The SMILES string of the molecule is CCC1CCNC(C(=O)N2CC(=O)NC(=O)C2(C)C)C1. The normalized spacial score (nSPS) is 30.1. The van der Waals surface area contributed by atoms with Gasteiger partial charge in [-0.15, -0.1) is 0 Å². The molecule has 112 valence electrons. The standard InChI is InChI=1S/C14H23N3O3/c1-4-9-5-6-15-10(7-9)12(19)17-8-11(18)16-13(20)14(17,2)3/h9-10,15H,4-8H2,1-3H3,(H,16,18,20). The highest BCUT2D eigenvalue weighted by Gasteiger charge is 2.45. The van der Waals surface area contributed by atoms with Gasteiger partial charge in [-0.2, -0.15) is 0 Å². The van der Waals surface area contributed by atoms with Gasteiger partial charge in [0.2, 0.25) is 11.8 Å². The number of rotatable bonds is 2. The summed E-state index contributed by atoms with van der Waals surface area (Å²) in [5.74, 6) is -0.436. The number of piperazine rings is 1. The molecule has 2 N–H and O–H groups in total. The summed E-state index contributed by atoms with van der Waals surface area (Å²) in [7, 11) is 0. The zero-order valence-electron chi connectivity index (χ0n) is 12.4. The minimum absolute atomic E-state index is 0.0491. The third kappa shape index (κ3) is 2.70. The summed E-state index contributed by atoms with van der Waals surface area (Å²) >= 11 is 0. The number of piperidine rings is 1. The first-order valence-electron chi connectivity index (χ1n) is 7.25. The van der Waals surface area contributed by atoms with E-state index in [1.165, 1.54) is 4.90 Å². The maximum absolute atomic E-state index is 12.7. The lowest BCUT2D eigenvalue weighted by molar-refractivity contribution is -0.157. The van der Waals surface area contributed by atoms with Crippen LogP contribution < -0.4 is 10.6 Å². The zero-order valence-corrected chi connectivity index (χ0v) is 12.4. The van der Waals surface area contributed by atoms with Crippen LogP contribution in [0.15, 0.2) is 0 Å². The van der Waals surface area contributed by atoms with Gasteiger partial charge in [-0.1, -0.05) is 13.3 Å². The molecule has 20 heavy (non-hydrogen) atoms. The Hall–Kier alpha value is -1.43. The molecule has 2 unspecified atom stereocenters. The molecule has 2 heterocycles. The number of amides is 3. The van der Waals surface area contributed by atoms with E-state index in [1.807, 2.05) is 0 Å². The average molecular weight is 281 g/mol. The van der Waals surface area contributed by atoms with Gasteiger partial charge in [-0.25, -0.2) is 0 Å². The van der Waals surface area contributed by atoms with Crippen molar-refractivity contribution in [1.82, 2.24) is 15.5 Å². The lowest BCUT2D eigenvalue weighted by Crippen LogP contribution is -2.68. The Bertz CT molecular complexity index is 433. The Balaban J connectivity index is 2.14. The number of carbonyl (C=O) groups excluding carboxylic acids is 3. The molecule has 3 amide bonds. The molecule has 6 nitrogen and oxygen atoms in total. The van der Waals surface area contributed by atoms with Gasteiger partial charge in [0, 0.05) is 0 Å². The van der Waals surface area contributed by atoms with Crippen LogP contribution in [-0.2, 0) is 14.4 Å². The summed E-state index contributed by atoms with van der Waals surface area (Å²) in [5, 5.41) is 5.50. The van der Waals surface area contributed by atoms with Crippen LogP contribution in [0.2, 0.25) is 0 Å². The molecule has 0 bridgehead atoms. The van der Waals surface area contributed by atoms with Crippen molar-refractivity contribution in [2.24, 2.45) is 5.92 Å². The predicted octanol–water partition coefficient (Wildman–Crippen LogP) is 0.0282. The van der Waals surface area contributed by atoms with Gasteiger partial charge in [0.15, 0.2) is 0 Å². The number of hydrogen-bond acceptors (Lipinski definition) is 4. The lowest BCUT2D eigenvalue weighted by Gasteiger charge is -2.43. The van der Waals surface area contributed by atoms with E-state index in [2.05, 4.69) is 17.6 Å². The number of hydrogen-bond donors (Lipinski definition) is 2. The van der Waals surface area contributed by atoms with Crippen LogP contribution in [0.4, 0.5) is 0 Å².